The molecule has 0 spiro atoms. The van der Waals surface area contributed by atoms with Crippen LogP contribution in [0.4, 0.5) is 11.4 Å². The number of rotatable bonds is 2. The molecule has 0 amide bonds. The zero-order valence-electron chi connectivity index (χ0n) is 12.8. The topological polar surface area (TPSA) is 47.9 Å². The second-order valence-corrected chi connectivity index (χ2v) is 5.47. The molecule has 3 aromatic rings. The van der Waals surface area contributed by atoms with E-state index in [9.17, 15) is 0 Å². The lowest BCUT2D eigenvalue weighted by Gasteiger charge is -2.14. The molecule has 3 rings (SSSR count). The first-order chi connectivity index (χ1) is 10.6. The molecule has 0 saturated heterocycles. The molecule has 3 heteroatoms. The maximum atomic E-state index is 8.18. The smallest absolute Gasteiger partial charge is 0.197 e. The van der Waals surface area contributed by atoms with Crippen molar-refractivity contribution < 1.29 is 0 Å². The molecule has 0 fully saturated rings. The van der Waals surface area contributed by atoms with Crippen LogP contribution in [0, 0.1) is 19.3 Å². The number of aryl methyl sites for hydroxylation is 2. The second-order valence-electron chi connectivity index (χ2n) is 5.47. The van der Waals surface area contributed by atoms with Crippen LogP contribution < -0.4 is 10.6 Å². The Bertz CT molecular complexity index is 832. The summed E-state index contributed by atoms with van der Waals surface area (Å²) in [5.74, 6) is 0.269. The van der Waals surface area contributed by atoms with Crippen LogP contribution >= 0.6 is 0 Å². The van der Waals surface area contributed by atoms with Crippen molar-refractivity contribution in [2.75, 3.05) is 10.6 Å². The maximum Gasteiger partial charge on any atom is 0.197 e. The molecule has 0 aliphatic rings. The maximum absolute atomic E-state index is 8.18. The van der Waals surface area contributed by atoms with E-state index >= 15 is 0 Å². The van der Waals surface area contributed by atoms with Crippen LogP contribution in [-0.4, -0.2) is 5.96 Å². The van der Waals surface area contributed by atoms with Gasteiger partial charge in [0.1, 0.15) is 0 Å². The second kappa shape index (κ2) is 5.90. The summed E-state index contributed by atoms with van der Waals surface area (Å²) >= 11 is 0. The Labute approximate surface area is 130 Å². The van der Waals surface area contributed by atoms with E-state index in [4.69, 9.17) is 5.41 Å². The van der Waals surface area contributed by atoms with Crippen LogP contribution in [0.3, 0.4) is 0 Å². The third-order valence-electron chi connectivity index (χ3n) is 3.70. The van der Waals surface area contributed by atoms with E-state index in [0.29, 0.717) is 0 Å². The molecule has 0 unspecified atom stereocenters. The molecule has 0 radical (unpaired) electrons. The van der Waals surface area contributed by atoms with E-state index in [1.165, 1.54) is 5.56 Å². The fourth-order valence-electron chi connectivity index (χ4n) is 2.51. The van der Waals surface area contributed by atoms with Crippen molar-refractivity contribution >= 4 is 28.1 Å². The average Bonchev–Trinajstić information content (AvgIpc) is 2.51. The van der Waals surface area contributed by atoms with Crippen LogP contribution in [0.5, 0.6) is 0 Å². The molecule has 3 aromatic carbocycles. The van der Waals surface area contributed by atoms with Crippen LogP contribution in [-0.2, 0) is 0 Å². The summed E-state index contributed by atoms with van der Waals surface area (Å²) in [4.78, 5) is 0. The number of hydrogen-bond donors (Lipinski definition) is 3. The molecule has 0 saturated carbocycles. The summed E-state index contributed by atoms with van der Waals surface area (Å²) in [6.45, 7) is 4.08. The Morgan fingerprint density at radius 2 is 1.55 bits per heavy atom. The highest BCUT2D eigenvalue weighted by atomic mass is 15.1. The highest BCUT2D eigenvalue weighted by Gasteiger charge is 2.05. The molecule has 0 aliphatic carbocycles. The van der Waals surface area contributed by atoms with Gasteiger partial charge in [0, 0.05) is 16.8 Å². The van der Waals surface area contributed by atoms with Gasteiger partial charge in [-0.3, -0.25) is 5.41 Å². The van der Waals surface area contributed by atoms with Crippen molar-refractivity contribution in [3.05, 3.63) is 71.8 Å². The van der Waals surface area contributed by atoms with Crippen molar-refractivity contribution in [1.82, 2.24) is 0 Å². The zero-order valence-corrected chi connectivity index (χ0v) is 12.8. The van der Waals surface area contributed by atoms with E-state index in [0.717, 1.165) is 27.7 Å². The van der Waals surface area contributed by atoms with Crippen molar-refractivity contribution in [2.24, 2.45) is 0 Å². The summed E-state index contributed by atoms with van der Waals surface area (Å²) in [6, 6.07) is 20.4. The van der Waals surface area contributed by atoms with E-state index < -0.39 is 0 Å². The minimum Gasteiger partial charge on any atom is -0.326 e. The molecule has 22 heavy (non-hydrogen) atoms. The minimum atomic E-state index is 0.269. The Hall–Kier alpha value is -2.81. The highest BCUT2D eigenvalue weighted by Crippen LogP contribution is 2.23. The van der Waals surface area contributed by atoms with E-state index in [1.807, 2.05) is 38.1 Å². The van der Waals surface area contributed by atoms with Gasteiger partial charge in [0.15, 0.2) is 5.96 Å². The molecule has 0 atom stereocenters. The third kappa shape index (κ3) is 2.93. The minimum absolute atomic E-state index is 0.269. The first-order valence-corrected chi connectivity index (χ1v) is 7.31. The predicted molar refractivity (Wildman–Crippen MR) is 94.8 cm³/mol. The van der Waals surface area contributed by atoms with Crippen molar-refractivity contribution in [1.29, 1.82) is 5.41 Å². The quantitative estimate of drug-likeness (QED) is 0.463. The number of nitrogens with one attached hydrogen (secondary N) is 3. The fraction of sp³-hybridized carbons (Fsp3) is 0.105. The summed E-state index contributed by atoms with van der Waals surface area (Å²) < 4.78 is 0. The Morgan fingerprint density at radius 1 is 0.818 bits per heavy atom. The first kappa shape index (κ1) is 14.1. The molecule has 0 aliphatic heterocycles. The third-order valence-corrected chi connectivity index (χ3v) is 3.70. The molecule has 0 aromatic heterocycles. The molecular formula is C19H19N3. The Kier molecular flexibility index (Phi) is 3.79. The van der Waals surface area contributed by atoms with Gasteiger partial charge in [-0.1, -0.05) is 48.5 Å². The number of hydrogen-bond acceptors (Lipinski definition) is 1. The largest absolute Gasteiger partial charge is 0.326 e. The van der Waals surface area contributed by atoms with Gasteiger partial charge in [-0.2, -0.15) is 0 Å². The van der Waals surface area contributed by atoms with Gasteiger partial charge in [0.05, 0.1) is 0 Å². The zero-order chi connectivity index (χ0) is 15.5. The summed E-state index contributed by atoms with van der Waals surface area (Å²) in [5, 5.41) is 16.7. The number of anilines is 2. The standard InChI is InChI=1S/C19H19N3/c1-13-10-11-14(2)18(12-13)22-19(20)21-17-9-5-7-15-6-3-4-8-16(15)17/h3-12H,1-2H3,(H3,20,21,22). The van der Waals surface area contributed by atoms with Crippen LogP contribution in [0.15, 0.2) is 60.7 Å². The van der Waals surface area contributed by atoms with E-state index in [2.05, 4.69) is 47.0 Å². The molecule has 3 N–H and O–H groups in total. The normalized spacial score (nSPS) is 10.5. The van der Waals surface area contributed by atoms with Gasteiger partial charge in [-0.05, 0) is 42.5 Å². The lowest BCUT2D eigenvalue weighted by molar-refractivity contribution is 1.36. The summed E-state index contributed by atoms with van der Waals surface area (Å²) in [7, 11) is 0. The molecule has 110 valence electrons. The monoisotopic (exact) mass is 289 g/mol. The molecular weight excluding hydrogens is 270 g/mol. The van der Waals surface area contributed by atoms with Crippen molar-refractivity contribution in [2.45, 2.75) is 13.8 Å². The fourth-order valence-corrected chi connectivity index (χ4v) is 2.51. The number of guanidine groups is 1. The number of fused-ring (bicyclic) bond motifs is 1. The Morgan fingerprint density at radius 3 is 2.41 bits per heavy atom. The van der Waals surface area contributed by atoms with Gasteiger partial charge in [-0.15, -0.1) is 0 Å². The SMILES string of the molecule is Cc1ccc(C)c(NC(=N)Nc2cccc3ccccc23)c1. The summed E-state index contributed by atoms with van der Waals surface area (Å²) in [6.07, 6.45) is 0. The van der Waals surface area contributed by atoms with Crippen LogP contribution in [0.25, 0.3) is 10.8 Å². The van der Waals surface area contributed by atoms with Crippen molar-refractivity contribution in [3.8, 4) is 0 Å². The lowest BCUT2D eigenvalue weighted by Crippen LogP contribution is -2.21. The van der Waals surface area contributed by atoms with Gasteiger partial charge in [-0.25, -0.2) is 0 Å². The van der Waals surface area contributed by atoms with Crippen LogP contribution in [0.2, 0.25) is 0 Å². The Balaban J connectivity index is 1.83. The van der Waals surface area contributed by atoms with Gasteiger partial charge >= 0.3 is 0 Å². The van der Waals surface area contributed by atoms with Crippen molar-refractivity contribution in [3.63, 3.8) is 0 Å². The molecule has 0 bridgehead atoms. The first-order valence-electron chi connectivity index (χ1n) is 7.31. The van der Waals surface area contributed by atoms with E-state index in [-0.39, 0.29) is 5.96 Å². The average molecular weight is 289 g/mol. The van der Waals surface area contributed by atoms with Gasteiger partial charge < -0.3 is 10.6 Å². The van der Waals surface area contributed by atoms with Gasteiger partial charge in [0.25, 0.3) is 0 Å². The predicted octanol–water partition coefficient (Wildman–Crippen LogP) is 4.92. The van der Waals surface area contributed by atoms with E-state index in [1.54, 1.807) is 0 Å². The highest BCUT2D eigenvalue weighted by molar-refractivity contribution is 6.07. The molecule has 3 nitrogen and oxygen atoms in total. The summed E-state index contributed by atoms with van der Waals surface area (Å²) in [5.41, 5.74) is 4.18. The number of benzene rings is 3. The lowest BCUT2D eigenvalue weighted by atomic mass is 10.1. The molecule has 0 heterocycles. The van der Waals surface area contributed by atoms with Gasteiger partial charge in [0.2, 0.25) is 0 Å². The van der Waals surface area contributed by atoms with Crippen LogP contribution in [0.1, 0.15) is 11.1 Å².